The van der Waals surface area contributed by atoms with Crippen LogP contribution in [0.3, 0.4) is 0 Å². The van der Waals surface area contributed by atoms with Gasteiger partial charge in [0, 0.05) is 17.6 Å². The average Bonchev–Trinajstić information content (AvgIpc) is 2.91. The Morgan fingerprint density at radius 1 is 1.35 bits per heavy atom. The highest BCUT2D eigenvalue weighted by molar-refractivity contribution is 9.10. The first-order chi connectivity index (χ1) is 9.60. The standard InChI is InChI=1S/C16H21BrN2O/c1-3-13(18)9-12-6-7-16(15(17)10-12)19(2)11-14-5-4-8-20-14/h4-8,10,13H,3,9,11,18H2,1-2H3. The lowest BCUT2D eigenvalue weighted by Gasteiger charge is -2.20. The summed E-state index contributed by atoms with van der Waals surface area (Å²) in [6.45, 7) is 2.87. The van der Waals surface area contributed by atoms with E-state index in [4.69, 9.17) is 10.2 Å². The largest absolute Gasteiger partial charge is 0.467 e. The second kappa shape index (κ2) is 6.95. The van der Waals surface area contributed by atoms with Crippen molar-refractivity contribution in [1.29, 1.82) is 0 Å². The summed E-state index contributed by atoms with van der Waals surface area (Å²) in [4.78, 5) is 2.16. The molecule has 0 aliphatic carbocycles. The van der Waals surface area contributed by atoms with Gasteiger partial charge in [0.25, 0.3) is 0 Å². The predicted octanol–water partition coefficient (Wildman–Crippen LogP) is 3.96. The molecule has 0 saturated heterocycles. The van der Waals surface area contributed by atoms with Crippen LogP contribution in [0.2, 0.25) is 0 Å². The molecule has 2 aromatic rings. The van der Waals surface area contributed by atoms with E-state index >= 15 is 0 Å². The molecule has 0 spiro atoms. The SMILES string of the molecule is CCC(N)Cc1ccc(N(C)Cc2ccco2)c(Br)c1. The van der Waals surface area contributed by atoms with Crippen LogP contribution in [-0.4, -0.2) is 13.1 Å². The Labute approximate surface area is 128 Å². The first-order valence-corrected chi connectivity index (χ1v) is 7.67. The van der Waals surface area contributed by atoms with Crippen molar-refractivity contribution in [2.75, 3.05) is 11.9 Å². The van der Waals surface area contributed by atoms with Crippen LogP contribution in [0.15, 0.2) is 45.5 Å². The molecule has 1 aromatic carbocycles. The Kier molecular flexibility index (Phi) is 5.26. The minimum absolute atomic E-state index is 0.230. The molecule has 1 aromatic heterocycles. The van der Waals surface area contributed by atoms with Crippen LogP contribution in [0.25, 0.3) is 0 Å². The number of furan rings is 1. The normalized spacial score (nSPS) is 12.4. The molecule has 2 N–H and O–H groups in total. The maximum absolute atomic E-state index is 6.01. The van der Waals surface area contributed by atoms with Crippen LogP contribution in [-0.2, 0) is 13.0 Å². The molecule has 3 nitrogen and oxygen atoms in total. The van der Waals surface area contributed by atoms with Crippen molar-refractivity contribution in [2.24, 2.45) is 5.73 Å². The Balaban J connectivity index is 2.08. The Morgan fingerprint density at radius 3 is 2.75 bits per heavy atom. The van der Waals surface area contributed by atoms with E-state index in [1.165, 1.54) is 5.56 Å². The molecule has 0 bridgehead atoms. The topological polar surface area (TPSA) is 42.4 Å². The summed E-state index contributed by atoms with van der Waals surface area (Å²) in [5, 5.41) is 0. The molecule has 108 valence electrons. The van der Waals surface area contributed by atoms with Crippen molar-refractivity contribution in [3.8, 4) is 0 Å². The molecule has 2 rings (SSSR count). The zero-order valence-electron chi connectivity index (χ0n) is 12.0. The van der Waals surface area contributed by atoms with Gasteiger partial charge in [0.2, 0.25) is 0 Å². The lowest BCUT2D eigenvalue weighted by atomic mass is 10.0. The summed E-state index contributed by atoms with van der Waals surface area (Å²) in [6.07, 6.45) is 3.61. The third-order valence-corrected chi connectivity index (χ3v) is 4.05. The van der Waals surface area contributed by atoms with Crippen LogP contribution in [0.4, 0.5) is 5.69 Å². The van der Waals surface area contributed by atoms with Crippen molar-refractivity contribution >= 4 is 21.6 Å². The minimum Gasteiger partial charge on any atom is -0.467 e. The molecule has 0 amide bonds. The highest BCUT2D eigenvalue weighted by Gasteiger charge is 2.10. The van der Waals surface area contributed by atoms with E-state index in [1.54, 1.807) is 6.26 Å². The number of nitrogens with two attached hydrogens (primary N) is 1. The fraction of sp³-hybridized carbons (Fsp3) is 0.375. The van der Waals surface area contributed by atoms with E-state index in [0.717, 1.165) is 35.3 Å². The van der Waals surface area contributed by atoms with E-state index in [2.05, 4.69) is 53.0 Å². The Bertz CT molecular complexity index is 539. The number of anilines is 1. The van der Waals surface area contributed by atoms with Crippen molar-refractivity contribution in [1.82, 2.24) is 0 Å². The molecule has 0 radical (unpaired) electrons. The monoisotopic (exact) mass is 336 g/mol. The van der Waals surface area contributed by atoms with Crippen LogP contribution in [0.5, 0.6) is 0 Å². The first kappa shape index (κ1) is 15.1. The molecule has 0 aliphatic heterocycles. The second-order valence-electron chi connectivity index (χ2n) is 5.09. The fourth-order valence-corrected chi connectivity index (χ4v) is 2.88. The zero-order chi connectivity index (χ0) is 14.5. The quantitative estimate of drug-likeness (QED) is 0.868. The Hall–Kier alpha value is -1.26. The number of hydrogen-bond donors (Lipinski definition) is 1. The molecule has 0 fully saturated rings. The highest BCUT2D eigenvalue weighted by Crippen LogP contribution is 2.28. The van der Waals surface area contributed by atoms with Gasteiger partial charge in [-0.3, -0.25) is 0 Å². The molecule has 0 saturated carbocycles. The van der Waals surface area contributed by atoms with Crippen molar-refractivity contribution in [3.63, 3.8) is 0 Å². The molecule has 1 atom stereocenters. The van der Waals surface area contributed by atoms with Gasteiger partial charge in [-0.25, -0.2) is 0 Å². The number of halogens is 1. The molecular weight excluding hydrogens is 316 g/mol. The van der Waals surface area contributed by atoms with Crippen LogP contribution >= 0.6 is 15.9 Å². The molecule has 0 aliphatic rings. The van der Waals surface area contributed by atoms with Gasteiger partial charge in [0.15, 0.2) is 0 Å². The first-order valence-electron chi connectivity index (χ1n) is 6.87. The molecule has 4 heteroatoms. The van der Waals surface area contributed by atoms with Crippen LogP contribution in [0.1, 0.15) is 24.7 Å². The summed E-state index contributed by atoms with van der Waals surface area (Å²) in [5.74, 6) is 0.955. The molecule has 20 heavy (non-hydrogen) atoms. The second-order valence-corrected chi connectivity index (χ2v) is 5.95. The maximum atomic E-state index is 6.01. The summed E-state index contributed by atoms with van der Waals surface area (Å²) in [5.41, 5.74) is 8.42. The van der Waals surface area contributed by atoms with Gasteiger partial charge in [-0.05, 0) is 58.6 Å². The van der Waals surface area contributed by atoms with Gasteiger partial charge >= 0.3 is 0 Å². The van der Waals surface area contributed by atoms with Gasteiger partial charge in [-0.2, -0.15) is 0 Å². The lowest BCUT2D eigenvalue weighted by Crippen LogP contribution is -2.21. The van der Waals surface area contributed by atoms with E-state index in [9.17, 15) is 0 Å². The zero-order valence-corrected chi connectivity index (χ0v) is 13.6. The smallest absolute Gasteiger partial charge is 0.123 e. The maximum Gasteiger partial charge on any atom is 0.123 e. The average molecular weight is 337 g/mol. The Morgan fingerprint density at radius 2 is 2.15 bits per heavy atom. The lowest BCUT2D eigenvalue weighted by molar-refractivity contribution is 0.507. The minimum atomic E-state index is 0.230. The van der Waals surface area contributed by atoms with E-state index in [1.807, 2.05) is 12.1 Å². The van der Waals surface area contributed by atoms with E-state index in [-0.39, 0.29) is 6.04 Å². The third-order valence-electron chi connectivity index (χ3n) is 3.42. The summed E-state index contributed by atoms with van der Waals surface area (Å²) in [6, 6.07) is 10.6. The van der Waals surface area contributed by atoms with Gasteiger partial charge in [0.1, 0.15) is 5.76 Å². The fourth-order valence-electron chi connectivity index (χ4n) is 2.16. The van der Waals surface area contributed by atoms with Gasteiger partial charge < -0.3 is 15.1 Å². The van der Waals surface area contributed by atoms with E-state index in [0.29, 0.717) is 0 Å². The summed E-state index contributed by atoms with van der Waals surface area (Å²) < 4.78 is 6.47. The number of rotatable bonds is 6. The third kappa shape index (κ3) is 3.87. The number of benzene rings is 1. The van der Waals surface area contributed by atoms with E-state index < -0.39 is 0 Å². The summed E-state index contributed by atoms with van der Waals surface area (Å²) >= 11 is 3.65. The van der Waals surface area contributed by atoms with Gasteiger partial charge in [-0.15, -0.1) is 0 Å². The van der Waals surface area contributed by atoms with Crippen molar-refractivity contribution in [3.05, 3.63) is 52.4 Å². The van der Waals surface area contributed by atoms with Crippen molar-refractivity contribution < 1.29 is 4.42 Å². The summed E-state index contributed by atoms with van der Waals surface area (Å²) in [7, 11) is 2.06. The van der Waals surface area contributed by atoms with Crippen molar-refractivity contribution in [2.45, 2.75) is 32.4 Å². The highest BCUT2D eigenvalue weighted by atomic mass is 79.9. The van der Waals surface area contributed by atoms with Gasteiger partial charge in [-0.1, -0.05) is 13.0 Å². The number of nitrogens with zero attached hydrogens (tertiary/aromatic N) is 1. The molecular formula is C16H21BrN2O. The van der Waals surface area contributed by atoms with Gasteiger partial charge in [0.05, 0.1) is 18.5 Å². The molecule has 1 heterocycles. The van der Waals surface area contributed by atoms with Crippen LogP contribution in [0, 0.1) is 0 Å². The molecule has 1 unspecified atom stereocenters. The van der Waals surface area contributed by atoms with Crippen LogP contribution < -0.4 is 10.6 Å². The number of hydrogen-bond acceptors (Lipinski definition) is 3. The predicted molar refractivity (Wildman–Crippen MR) is 86.9 cm³/mol.